The average Bonchev–Trinajstić information content (AvgIpc) is 2.61. The van der Waals surface area contributed by atoms with Crippen molar-refractivity contribution >= 4 is 16.7 Å². The molecular weight excluding hydrogens is 342 g/mol. The molecule has 0 saturated carbocycles. The largest absolute Gasteiger partial charge is 0.342 e. The van der Waals surface area contributed by atoms with Crippen LogP contribution in [0, 0.1) is 5.92 Å². The van der Waals surface area contributed by atoms with E-state index < -0.39 is 10.8 Å². The summed E-state index contributed by atoms with van der Waals surface area (Å²) in [6.07, 6.45) is 5.99. The molecule has 1 aliphatic rings. The highest BCUT2D eigenvalue weighted by Gasteiger charge is 2.27. The lowest BCUT2D eigenvalue weighted by atomic mass is 9.98. The van der Waals surface area contributed by atoms with Crippen molar-refractivity contribution in [3.05, 3.63) is 35.4 Å². The van der Waals surface area contributed by atoms with Crippen molar-refractivity contribution in [2.75, 3.05) is 18.8 Å². The molecule has 0 aliphatic carbocycles. The number of carbonyl (C=O) groups is 1. The van der Waals surface area contributed by atoms with Crippen molar-refractivity contribution in [1.29, 1.82) is 0 Å². The zero-order chi connectivity index (χ0) is 19.2. The molecule has 2 rings (SSSR count). The Bertz CT molecular complexity index is 596. The number of hydrogen-bond acceptors (Lipinski definition) is 2. The van der Waals surface area contributed by atoms with Crippen LogP contribution in [-0.4, -0.2) is 38.6 Å². The van der Waals surface area contributed by atoms with Crippen molar-refractivity contribution in [3.63, 3.8) is 0 Å². The van der Waals surface area contributed by atoms with Gasteiger partial charge in [-0.05, 0) is 63.5 Å². The summed E-state index contributed by atoms with van der Waals surface area (Å²) in [6.45, 7) is 9.93. The lowest BCUT2D eigenvalue weighted by Gasteiger charge is -2.33. The van der Waals surface area contributed by atoms with Gasteiger partial charge in [-0.2, -0.15) is 0 Å². The van der Waals surface area contributed by atoms with Crippen LogP contribution in [0.25, 0.3) is 0 Å². The number of piperidine rings is 1. The number of rotatable bonds is 7. The molecule has 0 N–H and O–H groups in total. The van der Waals surface area contributed by atoms with E-state index in [-0.39, 0.29) is 10.7 Å². The Morgan fingerprint density at radius 2 is 1.69 bits per heavy atom. The van der Waals surface area contributed by atoms with E-state index in [0.717, 1.165) is 43.7 Å². The molecule has 0 bridgehead atoms. The van der Waals surface area contributed by atoms with Crippen molar-refractivity contribution in [2.24, 2.45) is 5.92 Å². The summed E-state index contributed by atoms with van der Waals surface area (Å²) in [5, 5.41) is 0. The molecule has 1 unspecified atom stereocenters. The maximum Gasteiger partial charge on any atom is 0.226 e. The van der Waals surface area contributed by atoms with E-state index in [2.05, 4.69) is 31.2 Å². The summed E-state index contributed by atoms with van der Waals surface area (Å²) in [5.74, 6) is 1.48. The minimum absolute atomic E-state index is 0.143. The Labute approximate surface area is 162 Å². The second-order valence-corrected chi connectivity index (χ2v) is 10.8. The van der Waals surface area contributed by atoms with E-state index in [4.69, 9.17) is 0 Å². The smallest absolute Gasteiger partial charge is 0.226 e. The van der Waals surface area contributed by atoms with Crippen LogP contribution < -0.4 is 0 Å². The van der Waals surface area contributed by atoms with Gasteiger partial charge in [0.15, 0.2) is 0 Å². The van der Waals surface area contributed by atoms with Gasteiger partial charge in [0.05, 0.1) is 6.42 Å². The summed E-state index contributed by atoms with van der Waals surface area (Å²) in [5.41, 5.74) is 2.46. The molecule has 4 heteroatoms. The molecule has 26 heavy (non-hydrogen) atoms. The molecule has 0 spiro atoms. The molecule has 1 atom stereocenters. The van der Waals surface area contributed by atoms with E-state index in [1.165, 1.54) is 18.4 Å². The molecule has 1 aromatic carbocycles. The normalized spacial score (nSPS) is 17.3. The van der Waals surface area contributed by atoms with Gasteiger partial charge in [0.25, 0.3) is 0 Å². The number of unbranched alkanes of at least 4 members (excludes halogenated alkanes) is 1. The fraction of sp³-hybridized carbons (Fsp3) is 0.682. The third-order valence-corrected chi connectivity index (χ3v) is 7.37. The van der Waals surface area contributed by atoms with Crippen LogP contribution in [0.3, 0.4) is 0 Å². The summed E-state index contributed by atoms with van der Waals surface area (Å²) in [4.78, 5) is 14.6. The molecule has 1 saturated heterocycles. The third-order valence-electron chi connectivity index (χ3n) is 5.23. The topological polar surface area (TPSA) is 37.4 Å². The number of likely N-dealkylation sites (tertiary alicyclic amines) is 1. The number of amides is 1. The van der Waals surface area contributed by atoms with Crippen molar-refractivity contribution in [2.45, 2.75) is 71.0 Å². The predicted molar refractivity (Wildman–Crippen MR) is 111 cm³/mol. The first-order valence-corrected chi connectivity index (χ1v) is 11.4. The highest BCUT2D eigenvalue weighted by molar-refractivity contribution is 7.86. The van der Waals surface area contributed by atoms with Crippen molar-refractivity contribution in [1.82, 2.24) is 4.90 Å². The maximum absolute atomic E-state index is 12.6. The SMILES string of the molecule is CCCCc1ccc(CC(=O)N2CCC(CS(=O)C(C)(C)C)CC2)cc1. The lowest BCUT2D eigenvalue weighted by molar-refractivity contribution is -0.131. The number of hydrogen-bond donors (Lipinski definition) is 0. The summed E-state index contributed by atoms with van der Waals surface area (Å²) in [6, 6.07) is 8.52. The van der Waals surface area contributed by atoms with Crippen LogP contribution in [0.4, 0.5) is 0 Å². The summed E-state index contributed by atoms with van der Waals surface area (Å²) < 4.78 is 12.2. The zero-order valence-electron chi connectivity index (χ0n) is 16.9. The number of aryl methyl sites for hydroxylation is 1. The molecule has 1 aromatic rings. The van der Waals surface area contributed by atoms with Crippen LogP contribution in [-0.2, 0) is 28.4 Å². The molecule has 1 amide bonds. The lowest BCUT2D eigenvalue weighted by Crippen LogP contribution is -2.41. The molecule has 1 aliphatic heterocycles. The number of carbonyl (C=O) groups excluding carboxylic acids is 1. The highest BCUT2D eigenvalue weighted by atomic mass is 32.2. The minimum atomic E-state index is -0.797. The first-order valence-electron chi connectivity index (χ1n) is 10.0. The van der Waals surface area contributed by atoms with Crippen LogP contribution in [0.15, 0.2) is 24.3 Å². The molecule has 0 aromatic heterocycles. The van der Waals surface area contributed by atoms with Gasteiger partial charge in [-0.3, -0.25) is 9.00 Å². The molecule has 1 heterocycles. The van der Waals surface area contributed by atoms with Gasteiger partial charge in [0.2, 0.25) is 5.91 Å². The van der Waals surface area contributed by atoms with Crippen LogP contribution in [0.5, 0.6) is 0 Å². The van der Waals surface area contributed by atoms with Gasteiger partial charge in [0, 0.05) is 34.4 Å². The average molecular weight is 378 g/mol. The van der Waals surface area contributed by atoms with E-state index in [0.29, 0.717) is 12.3 Å². The van der Waals surface area contributed by atoms with Gasteiger partial charge in [-0.15, -0.1) is 0 Å². The van der Waals surface area contributed by atoms with Crippen molar-refractivity contribution < 1.29 is 9.00 Å². The molecule has 0 radical (unpaired) electrons. The third kappa shape index (κ3) is 6.53. The van der Waals surface area contributed by atoms with Crippen LogP contribution in [0.2, 0.25) is 0 Å². The molecule has 3 nitrogen and oxygen atoms in total. The maximum atomic E-state index is 12.6. The molecular formula is C22H35NO2S. The van der Waals surface area contributed by atoms with E-state index >= 15 is 0 Å². The molecule has 1 fully saturated rings. The van der Waals surface area contributed by atoms with Gasteiger partial charge in [-0.1, -0.05) is 37.6 Å². The number of benzene rings is 1. The zero-order valence-corrected chi connectivity index (χ0v) is 17.7. The van der Waals surface area contributed by atoms with Crippen LogP contribution >= 0.6 is 0 Å². The minimum Gasteiger partial charge on any atom is -0.342 e. The van der Waals surface area contributed by atoms with Gasteiger partial charge in [0.1, 0.15) is 0 Å². The second-order valence-electron chi connectivity index (χ2n) is 8.55. The predicted octanol–water partition coefficient (Wildman–Crippen LogP) is 4.36. The van der Waals surface area contributed by atoms with E-state index in [1.54, 1.807) is 0 Å². The Hall–Kier alpha value is -1.16. The first-order chi connectivity index (χ1) is 12.3. The Balaban J connectivity index is 1.78. The summed E-state index contributed by atoms with van der Waals surface area (Å²) >= 11 is 0. The van der Waals surface area contributed by atoms with Gasteiger partial charge in [-0.25, -0.2) is 0 Å². The fourth-order valence-electron chi connectivity index (χ4n) is 3.30. The molecule has 146 valence electrons. The fourth-order valence-corrected chi connectivity index (χ4v) is 4.57. The highest BCUT2D eigenvalue weighted by Crippen LogP contribution is 2.23. The van der Waals surface area contributed by atoms with Gasteiger partial charge >= 0.3 is 0 Å². The number of nitrogens with zero attached hydrogens (tertiary/aromatic N) is 1. The summed E-state index contributed by atoms with van der Waals surface area (Å²) in [7, 11) is -0.797. The first kappa shape index (κ1) is 21.1. The second kappa shape index (κ2) is 9.68. The standard InChI is InChI=1S/C22H35NO2S/c1-5-6-7-18-8-10-19(11-9-18)16-21(24)23-14-12-20(13-15-23)17-26(25)22(2,3)4/h8-11,20H,5-7,12-17H2,1-4H3. The van der Waals surface area contributed by atoms with Crippen LogP contribution in [0.1, 0.15) is 64.5 Å². The van der Waals surface area contributed by atoms with Crippen molar-refractivity contribution in [3.8, 4) is 0 Å². The Morgan fingerprint density at radius 3 is 2.23 bits per heavy atom. The van der Waals surface area contributed by atoms with E-state index in [9.17, 15) is 9.00 Å². The Kier molecular flexibility index (Phi) is 7.87. The Morgan fingerprint density at radius 1 is 1.12 bits per heavy atom. The quantitative estimate of drug-likeness (QED) is 0.708. The van der Waals surface area contributed by atoms with E-state index in [1.807, 2.05) is 25.7 Å². The van der Waals surface area contributed by atoms with Gasteiger partial charge < -0.3 is 4.90 Å². The monoisotopic (exact) mass is 377 g/mol.